The van der Waals surface area contributed by atoms with E-state index in [-0.39, 0.29) is 12.3 Å². The summed E-state index contributed by atoms with van der Waals surface area (Å²) in [4.78, 5) is 18.4. The number of carboxylic acid groups (broad SMARTS) is 1. The van der Waals surface area contributed by atoms with Gasteiger partial charge in [0, 0.05) is 17.8 Å². The zero-order chi connectivity index (χ0) is 15.0. The Morgan fingerprint density at radius 1 is 1.30 bits per heavy atom. The highest BCUT2D eigenvalue weighted by Crippen LogP contribution is 2.07. The molecule has 0 aliphatic heterocycles. The lowest BCUT2D eigenvalue weighted by atomic mass is 10.0. The van der Waals surface area contributed by atoms with Crippen LogP contribution in [0.4, 0.5) is 0 Å². The number of carboxylic acids is 1. The molecule has 5 nitrogen and oxygen atoms in total. The van der Waals surface area contributed by atoms with Crippen molar-refractivity contribution in [3.63, 3.8) is 0 Å². The molecular weight excluding hydrogens is 255 g/mol. The molecule has 1 N–H and O–H groups in total. The first-order valence-corrected chi connectivity index (χ1v) is 6.19. The third kappa shape index (κ3) is 4.72. The van der Waals surface area contributed by atoms with Crippen LogP contribution < -0.4 is 10.3 Å². The molecule has 0 atom stereocenters. The summed E-state index contributed by atoms with van der Waals surface area (Å²) in [6, 6.07) is 8.16. The fraction of sp³-hybridized carbons (Fsp3) is 0.214. The molecule has 0 aliphatic carbocycles. The van der Waals surface area contributed by atoms with Crippen molar-refractivity contribution in [2.75, 3.05) is 0 Å². The monoisotopic (exact) mass is 270 g/mol. The summed E-state index contributed by atoms with van der Waals surface area (Å²) in [5, 5.41) is 8.70. The normalized spacial score (nSPS) is 9.30. The summed E-state index contributed by atoms with van der Waals surface area (Å²) in [5.74, 6) is -0.641. The highest BCUT2D eigenvalue weighted by atomic mass is 16.5. The lowest BCUT2D eigenvalue weighted by molar-refractivity contribution is 0.0690. The summed E-state index contributed by atoms with van der Waals surface area (Å²) in [7, 11) is 5.51. The van der Waals surface area contributed by atoms with Gasteiger partial charge in [0.05, 0.1) is 0 Å². The lowest BCUT2D eigenvalue weighted by Crippen LogP contribution is -2.09. The van der Waals surface area contributed by atoms with Crippen LogP contribution in [-0.2, 0) is 6.61 Å². The van der Waals surface area contributed by atoms with E-state index in [9.17, 15) is 4.79 Å². The second-order valence-corrected chi connectivity index (χ2v) is 3.55. The largest absolute Gasteiger partial charge is 0.477 e. The lowest BCUT2D eigenvalue weighted by Gasteiger charge is -2.05. The maximum atomic E-state index is 10.6. The van der Waals surface area contributed by atoms with E-state index in [1.165, 1.54) is 12.3 Å². The van der Waals surface area contributed by atoms with Crippen LogP contribution in [0.5, 0.6) is 5.88 Å². The number of aromatic carboxylic acids is 1. The molecule has 0 aromatic carbocycles. The van der Waals surface area contributed by atoms with Crippen molar-refractivity contribution in [3.8, 4) is 5.88 Å². The van der Waals surface area contributed by atoms with Crippen molar-refractivity contribution in [1.82, 2.24) is 9.97 Å². The molecule has 0 saturated carbocycles. The SMILES string of the molecule is CC.[B]c1cccc(OCc2ccc(C(=O)O)nc2)n1. The van der Waals surface area contributed by atoms with Crippen LogP contribution in [0.15, 0.2) is 36.5 Å². The quantitative estimate of drug-likeness (QED) is 0.854. The van der Waals surface area contributed by atoms with Gasteiger partial charge < -0.3 is 9.84 Å². The first-order valence-electron chi connectivity index (χ1n) is 6.19. The van der Waals surface area contributed by atoms with E-state index in [0.717, 1.165) is 5.56 Å². The van der Waals surface area contributed by atoms with Gasteiger partial charge >= 0.3 is 5.97 Å². The number of hydrogen-bond acceptors (Lipinski definition) is 4. The van der Waals surface area contributed by atoms with Gasteiger partial charge in [0.15, 0.2) is 0 Å². The predicted molar refractivity (Wildman–Crippen MR) is 76.5 cm³/mol. The molecule has 6 heteroatoms. The van der Waals surface area contributed by atoms with E-state index >= 15 is 0 Å². The van der Waals surface area contributed by atoms with Crippen LogP contribution >= 0.6 is 0 Å². The minimum Gasteiger partial charge on any atom is -0.477 e. The van der Waals surface area contributed by atoms with E-state index in [4.69, 9.17) is 17.7 Å². The molecule has 2 aromatic heterocycles. The van der Waals surface area contributed by atoms with Gasteiger partial charge in [-0.2, -0.15) is 0 Å². The van der Waals surface area contributed by atoms with E-state index in [1.54, 1.807) is 24.3 Å². The number of carbonyl (C=O) groups is 1. The van der Waals surface area contributed by atoms with Crippen molar-refractivity contribution < 1.29 is 14.6 Å². The molecule has 2 aromatic rings. The Kier molecular flexibility index (Phi) is 6.23. The fourth-order valence-electron chi connectivity index (χ4n) is 1.30. The highest BCUT2D eigenvalue weighted by Gasteiger charge is 2.04. The summed E-state index contributed by atoms with van der Waals surface area (Å²) >= 11 is 0. The molecule has 102 valence electrons. The molecule has 0 bridgehead atoms. The van der Waals surface area contributed by atoms with Gasteiger partial charge in [-0.25, -0.2) is 14.8 Å². The first-order chi connectivity index (χ1) is 9.65. The average Bonchev–Trinajstić information content (AvgIpc) is 2.48. The molecule has 0 unspecified atom stereocenters. The van der Waals surface area contributed by atoms with Crippen LogP contribution in [0.2, 0.25) is 0 Å². The molecular formula is C14H15BN2O3. The van der Waals surface area contributed by atoms with Crippen molar-refractivity contribution in [2.24, 2.45) is 0 Å². The topological polar surface area (TPSA) is 72.3 Å². The van der Waals surface area contributed by atoms with Crippen LogP contribution in [0.1, 0.15) is 29.9 Å². The van der Waals surface area contributed by atoms with Crippen molar-refractivity contribution in [3.05, 3.63) is 47.8 Å². The maximum absolute atomic E-state index is 10.6. The minimum atomic E-state index is -1.06. The first kappa shape index (κ1) is 15.7. The van der Waals surface area contributed by atoms with Gasteiger partial charge in [0.2, 0.25) is 5.88 Å². The maximum Gasteiger partial charge on any atom is 0.354 e. The van der Waals surface area contributed by atoms with E-state index in [2.05, 4.69) is 9.97 Å². The molecule has 0 saturated heterocycles. The smallest absolute Gasteiger partial charge is 0.354 e. The standard InChI is InChI=1S/C12H9BN2O3.C2H6/c13-10-2-1-3-11(15-10)18-7-8-4-5-9(12(16)17)14-6-8;1-2/h1-6H,7H2,(H,16,17);1-2H3. The summed E-state index contributed by atoms with van der Waals surface area (Å²) < 4.78 is 5.39. The molecule has 0 aliphatic rings. The third-order valence-corrected chi connectivity index (χ3v) is 2.18. The molecule has 2 rings (SSSR count). The Morgan fingerprint density at radius 3 is 2.60 bits per heavy atom. The van der Waals surface area contributed by atoms with Gasteiger partial charge in [-0.05, 0) is 11.7 Å². The zero-order valence-electron chi connectivity index (χ0n) is 11.4. The Bertz CT molecular complexity index is 559. The van der Waals surface area contributed by atoms with Gasteiger partial charge in [-0.1, -0.05) is 32.0 Å². The number of ether oxygens (including phenoxy) is 1. The molecule has 0 fully saturated rings. The van der Waals surface area contributed by atoms with Gasteiger partial charge in [0.1, 0.15) is 20.1 Å². The van der Waals surface area contributed by atoms with Crippen molar-refractivity contribution in [1.29, 1.82) is 0 Å². The van der Waals surface area contributed by atoms with Crippen LogP contribution in [-0.4, -0.2) is 28.9 Å². The Morgan fingerprint density at radius 2 is 2.05 bits per heavy atom. The molecule has 2 radical (unpaired) electrons. The Labute approximate surface area is 119 Å². The highest BCUT2D eigenvalue weighted by molar-refractivity contribution is 6.30. The molecule has 0 amide bonds. The number of rotatable bonds is 4. The number of aromatic nitrogens is 2. The molecule has 0 spiro atoms. The second kappa shape index (κ2) is 7.94. The Hall–Kier alpha value is -2.37. The van der Waals surface area contributed by atoms with Crippen LogP contribution in [0, 0.1) is 0 Å². The number of nitrogens with zero attached hydrogens (tertiary/aromatic N) is 2. The predicted octanol–water partition coefficient (Wildman–Crippen LogP) is 1.57. The summed E-state index contributed by atoms with van der Waals surface area (Å²) in [6.45, 7) is 4.25. The van der Waals surface area contributed by atoms with E-state index in [1.807, 2.05) is 13.8 Å². The average molecular weight is 270 g/mol. The summed E-state index contributed by atoms with van der Waals surface area (Å²) in [6.07, 6.45) is 1.45. The van der Waals surface area contributed by atoms with Gasteiger partial charge in [0.25, 0.3) is 0 Å². The fourth-order valence-corrected chi connectivity index (χ4v) is 1.30. The minimum absolute atomic E-state index is 0.000769. The second-order valence-electron chi connectivity index (χ2n) is 3.55. The molecule has 2 heterocycles. The van der Waals surface area contributed by atoms with Crippen LogP contribution in [0.3, 0.4) is 0 Å². The van der Waals surface area contributed by atoms with Crippen LogP contribution in [0.25, 0.3) is 0 Å². The molecule has 20 heavy (non-hydrogen) atoms. The van der Waals surface area contributed by atoms with Crippen molar-refractivity contribution >= 4 is 19.4 Å². The van der Waals surface area contributed by atoms with Gasteiger partial charge in [-0.3, -0.25) is 0 Å². The van der Waals surface area contributed by atoms with E-state index in [0.29, 0.717) is 11.5 Å². The van der Waals surface area contributed by atoms with E-state index < -0.39 is 5.97 Å². The summed E-state index contributed by atoms with van der Waals surface area (Å²) in [5.41, 5.74) is 1.14. The van der Waals surface area contributed by atoms with Gasteiger partial charge in [-0.15, -0.1) is 0 Å². The van der Waals surface area contributed by atoms with Crippen molar-refractivity contribution in [2.45, 2.75) is 20.5 Å². The Balaban J connectivity index is 0.000000956. The third-order valence-electron chi connectivity index (χ3n) is 2.18. The number of pyridine rings is 2. The zero-order valence-corrected chi connectivity index (χ0v) is 11.4. The number of hydrogen-bond donors (Lipinski definition) is 1.